The van der Waals surface area contributed by atoms with Crippen LogP contribution in [0.5, 0.6) is 0 Å². The largest absolute Gasteiger partial charge is 0.378 e. The van der Waals surface area contributed by atoms with Crippen LogP contribution in [0.3, 0.4) is 0 Å². The number of rotatable bonds is 4. The first kappa shape index (κ1) is 12.9. The Morgan fingerprint density at radius 1 is 1.29 bits per heavy atom. The monoisotopic (exact) mass is 234 g/mol. The molecule has 0 heterocycles. The number of ketones is 1. The van der Waals surface area contributed by atoms with Gasteiger partial charge >= 0.3 is 5.70 Å². The number of benzene rings is 1. The van der Waals surface area contributed by atoms with Crippen molar-refractivity contribution in [2.24, 2.45) is 0 Å². The van der Waals surface area contributed by atoms with Gasteiger partial charge in [-0.15, -0.1) is 0 Å². The van der Waals surface area contributed by atoms with Crippen molar-refractivity contribution >= 4 is 17.5 Å². The summed E-state index contributed by atoms with van der Waals surface area (Å²) in [6.07, 6.45) is 1.28. The summed E-state index contributed by atoms with van der Waals surface area (Å²) in [6.45, 7) is 1.18. The summed E-state index contributed by atoms with van der Waals surface area (Å²) in [5, 5.41) is 10.6. The maximum absolute atomic E-state index is 11.0. The van der Waals surface area contributed by atoms with E-state index in [1.807, 2.05) is 31.1 Å². The topological polar surface area (TPSA) is 63.5 Å². The minimum absolute atomic E-state index is 0.400. The molecule has 1 aromatic rings. The summed E-state index contributed by atoms with van der Waals surface area (Å²) < 4.78 is 0. The van der Waals surface area contributed by atoms with E-state index in [4.69, 9.17) is 0 Å². The Morgan fingerprint density at radius 3 is 2.18 bits per heavy atom. The fourth-order valence-electron chi connectivity index (χ4n) is 1.31. The van der Waals surface area contributed by atoms with Gasteiger partial charge in [-0.1, -0.05) is 12.1 Å². The zero-order chi connectivity index (χ0) is 13.0. The average molecular weight is 234 g/mol. The zero-order valence-electron chi connectivity index (χ0n) is 10.0. The number of Topliss-reactive ketones (excluding diaryl/α,β-unsaturated/α-hetero) is 1. The third-order valence-electron chi connectivity index (χ3n) is 2.27. The van der Waals surface area contributed by atoms with Crippen LogP contribution in [0.2, 0.25) is 0 Å². The standard InChI is InChI=1S/C12H14N2O3/c1-9(15)12(14(16)17)8-10-4-6-11(7-5-10)13(2)3/h4-8H,1-3H3/b12-8+. The van der Waals surface area contributed by atoms with E-state index in [9.17, 15) is 14.9 Å². The Hall–Kier alpha value is -2.17. The molecule has 5 nitrogen and oxygen atoms in total. The van der Waals surface area contributed by atoms with E-state index in [0.717, 1.165) is 5.69 Å². The van der Waals surface area contributed by atoms with Gasteiger partial charge in [0.25, 0.3) is 0 Å². The van der Waals surface area contributed by atoms with Crippen LogP contribution in [0.25, 0.3) is 6.08 Å². The van der Waals surface area contributed by atoms with E-state index in [-0.39, 0.29) is 0 Å². The minimum Gasteiger partial charge on any atom is -0.378 e. The molecule has 0 bridgehead atoms. The molecule has 0 unspecified atom stereocenters. The zero-order valence-corrected chi connectivity index (χ0v) is 10.0. The lowest BCUT2D eigenvalue weighted by Gasteiger charge is -2.11. The maximum Gasteiger partial charge on any atom is 0.312 e. The van der Waals surface area contributed by atoms with Crippen molar-refractivity contribution < 1.29 is 9.72 Å². The van der Waals surface area contributed by atoms with Gasteiger partial charge in [0.2, 0.25) is 5.78 Å². The van der Waals surface area contributed by atoms with Crippen LogP contribution in [0.4, 0.5) is 5.69 Å². The molecular formula is C12H14N2O3. The molecule has 0 N–H and O–H groups in total. The van der Waals surface area contributed by atoms with Crippen molar-refractivity contribution in [2.45, 2.75) is 6.92 Å². The molecule has 0 spiro atoms. The molecule has 5 heteroatoms. The van der Waals surface area contributed by atoms with Gasteiger partial charge in [-0.25, -0.2) is 0 Å². The smallest absolute Gasteiger partial charge is 0.312 e. The molecule has 0 aliphatic carbocycles. The van der Waals surface area contributed by atoms with Gasteiger partial charge in [0.1, 0.15) is 0 Å². The highest BCUT2D eigenvalue weighted by atomic mass is 16.6. The number of carbonyl (C=O) groups excluding carboxylic acids is 1. The van der Waals surface area contributed by atoms with E-state index >= 15 is 0 Å². The van der Waals surface area contributed by atoms with Crippen LogP contribution in [0.1, 0.15) is 12.5 Å². The van der Waals surface area contributed by atoms with Gasteiger partial charge in [-0.2, -0.15) is 0 Å². The van der Waals surface area contributed by atoms with Crippen molar-refractivity contribution in [3.63, 3.8) is 0 Å². The molecule has 0 fully saturated rings. The first-order valence-corrected chi connectivity index (χ1v) is 5.06. The molecule has 0 amide bonds. The fourth-order valence-corrected chi connectivity index (χ4v) is 1.31. The van der Waals surface area contributed by atoms with Gasteiger partial charge in [0, 0.05) is 32.8 Å². The first-order chi connectivity index (χ1) is 7.91. The number of anilines is 1. The van der Waals surface area contributed by atoms with E-state index in [2.05, 4.69) is 0 Å². The van der Waals surface area contributed by atoms with Gasteiger partial charge in [-0.05, 0) is 17.7 Å². The third kappa shape index (κ3) is 3.41. The second-order valence-corrected chi connectivity index (χ2v) is 3.83. The molecule has 0 aliphatic heterocycles. The number of allylic oxidation sites excluding steroid dienone is 1. The summed E-state index contributed by atoms with van der Waals surface area (Å²) in [5.41, 5.74) is 1.23. The van der Waals surface area contributed by atoms with E-state index in [1.165, 1.54) is 13.0 Å². The molecule has 0 aromatic heterocycles. The summed E-state index contributed by atoms with van der Waals surface area (Å²) in [4.78, 5) is 22.9. The van der Waals surface area contributed by atoms with Crippen LogP contribution < -0.4 is 4.90 Å². The molecule has 0 saturated heterocycles. The van der Waals surface area contributed by atoms with Crippen LogP contribution in [0, 0.1) is 10.1 Å². The lowest BCUT2D eigenvalue weighted by Crippen LogP contribution is -2.08. The highest BCUT2D eigenvalue weighted by Crippen LogP contribution is 2.15. The summed E-state index contributed by atoms with van der Waals surface area (Å²) in [6, 6.07) is 7.15. The van der Waals surface area contributed by atoms with E-state index < -0.39 is 16.4 Å². The highest BCUT2D eigenvalue weighted by molar-refractivity contribution is 5.95. The number of hydrogen-bond donors (Lipinski definition) is 0. The number of nitro groups is 1. The van der Waals surface area contributed by atoms with Crippen molar-refractivity contribution in [3.05, 3.63) is 45.6 Å². The molecule has 0 atom stereocenters. The van der Waals surface area contributed by atoms with E-state index in [1.54, 1.807) is 12.1 Å². The van der Waals surface area contributed by atoms with Crippen LogP contribution in [-0.2, 0) is 4.79 Å². The van der Waals surface area contributed by atoms with Crippen molar-refractivity contribution in [3.8, 4) is 0 Å². The van der Waals surface area contributed by atoms with Gasteiger partial charge in [0.15, 0.2) is 0 Å². The Kier molecular flexibility index (Phi) is 3.98. The predicted octanol–water partition coefficient (Wildman–Crippen LogP) is 1.96. The molecule has 0 aliphatic rings. The Labute approximate surface area is 99.5 Å². The Bertz CT molecular complexity index is 445. The highest BCUT2D eigenvalue weighted by Gasteiger charge is 2.16. The normalized spacial score (nSPS) is 11.1. The van der Waals surface area contributed by atoms with Crippen molar-refractivity contribution in [1.29, 1.82) is 0 Å². The fraction of sp³-hybridized carbons (Fsp3) is 0.250. The molecule has 1 aromatic carbocycles. The Morgan fingerprint density at radius 2 is 1.82 bits per heavy atom. The number of nitrogens with zero attached hydrogens (tertiary/aromatic N) is 2. The molecule has 17 heavy (non-hydrogen) atoms. The number of carbonyl (C=O) groups is 1. The van der Waals surface area contributed by atoms with Crippen LogP contribution in [-0.4, -0.2) is 24.8 Å². The summed E-state index contributed by atoms with van der Waals surface area (Å²) in [5.74, 6) is -0.549. The third-order valence-corrected chi connectivity index (χ3v) is 2.27. The first-order valence-electron chi connectivity index (χ1n) is 5.06. The summed E-state index contributed by atoms with van der Waals surface area (Å²) in [7, 11) is 3.81. The lowest BCUT2D eigenvalue weighted by atomic mass is 10.1. The molecule has 90 valence electrons. The lowest BCUT2D eigenvalue weighted by molar-refractivity contribution is -0.417. The van der Waals surface area contributed by atoms with Gasteiger partial charge in [-0.3, -0.25) is 14.9 Å². The number of hydrogen-bond acceptors (Lipinski definition) is 4. The minimum atomic E-state index is -0.664. The molecule has 0 radical (unpaired) electrons. The quantitative estimate of drug-likeness (QED) is 0.454. The van der Waals surface area contributed by atoms with E-state index in [0.29, 0.717) is 5.56 Å². The van der Waals surface area contributed by atoms with Crippen molar-refractivity contribution in [2.75, 3.05) is 19.0 Å². The van der Waals surface area contributed by atoms with Crippen LogP contribution in [0.15, 0.2) is 30.0 Å². The van der Waals surface area contributed by atoms with Crippen LogP contribution >= 0.6 is 0 Å². The Balaban J connectivity index is 3.05. The maximum atomic E-state index is 11.0. The summed E-state index contributed by atoms with van der Waals surface area (Å²) >= 11 is 0. The van der Waals surface area contributed by atoms with Gasteiger partial charge in [0.05, 0.1) is 4.92 Å². The predicted molar refractivity (Wildman–Crippen MR) is 66.4 cm³/mol. The van der Waals surface area contributed by atoms with Gasteiger partial charge < -0.3 is 4.90 Å². The average Bonchev–Trinajstić information content (AvgIpc) is 2.25. The SMILES string of the molecule is CC(=O)/C(=C\c1ccc(N(C)C)cc1)[N+](=O)[O-]. The second kappa shape index (κ2) is 5.25. The second-order valence-electron chi connectivity index (χ2n) is 3.83. The molecular weight excluding hydrogens is 220 g/mol. The molecule has 0 saturated carbocycles. The molecule has 1 rings (SSSR count). The van der Waals surface area contributed by atoms with Crippen molar-refractivity contribution in [1.82, 2.24) is 0 Å².